The molecule has 15 heavy (non-hydrogen) atoms. The van der Waals surface area contributed by atoms with Crippen molar-refractivity contribution in [1.29, 1.82) is 0 Å². The average Bonchev–Trinajstić information content (AvgIpc) is 2.60. The molecule has 1 atom stereocenters. The quantitative estimate of drug-likeness (QED) is 0.807. The molecule has 0 saturated carbocycles. The average molecular weight is 228 g/mol. The van der Waals surface area contributed by atoms with Crippen molar-refractivity contribution in [2.75, 3.05) is 0 Å². The second-order valence-electron chi connectivity index (χ2n) is 3.02. The summed E-state index contributed by atoms with van der Waals surface area (Å²) < 4.78 is 0. The van der Waals surface area contributed by atoms with Crippen molar-refractivity contribution in [2.45, 2.75) is 26.3 Å². The van der Waals surface area contributed by atoms with Crippen LogP contribution in [-0.2, 0) is 4.79 Å². The van der Waals surface area contributed by atoms with Gasteiger partial charge < -0.3 is 10.4 Å². The molecule has 2 N–H and O–H groups in total. The molecule has 0 aliphatic carbocycles. The lowest BCUT2D eigenvalue weighted by Crippen LogP contribution is -2.40. The van der Waals surface area contributed by atoms with Crippen LogP contribution in [0.3, 0.4) is 0 Å². The van der Waals surface area contributed by atoms with Gasteiger partial charge in [0.15, 0.2) is 0 Å². The van der Waals surface area contributed by atoms with Crippen LogP contribution < -0.4 is 5.32 Å². The Hall–Kier alpha value is -1.43. The monoisotopic (exact) mass is 228 g/mol. The third-order valence-electron chi connectivity index (χ3n) is 1.86. The van der Waals surface area contributed by atoms with Crippen molar-refractivity contribution < 1.29 is 14.7 Å². The van der Waals surface area contributed by atoms with E-state index in [2.05, 4.69) is 10.3 Å². The number of nitrogens with zero attached hydrogens (tertiary/aromatic N) is 1. The smallest absolute Gasteiger partial charge is 0.326 e. The van der Waals surface area contributed by atoms with Gasteiger partial charge in [-0.25, -0.2) is 9.78 Å². The van der Waals surface area contributed by atoms with E-state index >= 15 is 0 Å². The molecular weight excluding hydrogens is 216 g/mol. The molecule has 5 nitrogen and oxygen atoms in total. The first-order valence-electron chi connectivity index (χ1n) is 4.50. The summed E-state index contributed by atoms with van der Waals surface area (Å²) in [5.74, 6) is -1.47. The van der Waals surface area contributed by atoms with E-state index in [9.17, 15) is 9.59 Å². The van der Waals surface area contributed by atoms with Crippen LogP contribution in [0.1, 0.15) is 28.8 Å². The van der Waals surface area contributed by atoms with Gasteiger partial charge in [0.05, 0.1) is 5.01 Å². The number of carbonyl (C=O) groups excluding carboxylic acids is 1. The normalized spacial score (nSPS) is 12.1. The highest BCUT2D eigenvalue weighted by atomic mass is 32.1. The number of thiazole rings is 1. The van der Waals surface area contributed by atoms with Crippen LogP contribution in [0.2, 0.25) is 0 Å². The van der Waals surface area contributed by atoms with Crippen molar-refractivity contribution in [2.24, 2.45) is 0 Å². The molecule has 1 unspecified atom stereocenters. The fraction of sp³-hybridized carbons (Fsp3) is 0.444. The molecule has 1 amide bonds. The molecular formula is C9H12N2O3S. The maximum Gasteiger partial charge on any atom is 0.326 e. The van der Waals surface area contributed by atoms with Crippen LogP contribution in [-0.4, -0.2) is 28.0 Å². The Morgan fingerprint density at radius 1 is 1.67 bits per heavy atom. The number of hydrogen-bond donors (Lipinski definition) is 2. The lowest BCUT2D eigenvalue weighted by molar-refractivity contribution is -0.139. The molecule has 0 fully saturated rings. The van der Waals surface area contributed by atoms with Crippen molar-refractivity contribution >= 4 is 23.2 Å². The van der Waals surface area contributed by atoms with Crippen molar-refractivity contribution in [3.05, 3.63) is 16.1 Å². The van der Waals surface area contributed by atoms with Crippen LogP contribution in [0, 0.1) is 6.92 Å². The Labute approximate surface area is 91.1 Å². The first kappa shape index (κ1) is 11.6. The molecule has 1 heterocycles. The van der Waals surface area contributed by atoms with Crippen LogP contribution in [0.5, 0.6) is 0 Å². The molecule has 1 aromatic rings. The third kappa shape index (κ3) is 3.02. The van der Waals surface area contributed by atoms with Gasteiger partial charge in [0, 0.05) is 5.38 Å². The Balaban J connectivity index is 2.66. The topological polar surface area (TPSA) is 79.3 Å². The van der Waals surface area contributed by atoms with Gasteiger partial charge in [-0.05, 0) is 13.3 Å². The van der Waals surface area contributed by atoms with Crippen LogP contribution >= 0.6 is 11.3 Å². The number of hydrogen-bond acceptors (Lipinski definition) is 4. The molecule has 0 aliphatic rings. The van der Waals surface area contributed by atoms with E-state index in [1.807, 2.05) is 0 Å². The third-order valence-corrected chi connectivity index (χ3v) is 2.64. The zero-order valence-corrected chi connectivity index (χ0v) is 9.30. The molecule has 0 aliphatic heterocycles. The van der Waals surface area contributed by atoms with E-state index in [1.165, 1.54) is 11.3 Å². The predicted molar refractivity (Wildman–Crippen MR) is 56.0 cm³/mol. The zero-order valence-electron chi connectivity index (χ0n) is 8.48. The standard InChI is InChI=1S/C9H12N2O3S/c1-3-6(9(13)14)11-8(12)7-4-15-5(2)10-7/h4,6H,3H2,1-2H3,(H,11,12)(H,13,14). The molecule has 1 rings (SSSR count). The molecule has 0 aromatic carbocycles. The lowest BCUT2D eigenvalue weighted by Gasteiger charge is -2.10. The second-order valence-corrected chi connectivity index (χ2v) is 4.09. The first-order valence-corrected chi connectivity index (χ1v) is 5.38. The van der Waals surface area contributed by atoms with Gasteiger partial charge in [-0.15, -0.1) is 11.3 Å². The van der Waals surface area contributed by atoms with Gasteiger partial charge in [0.25, 0.3) is 5.91 Å². The number of amides is 1. The van der Waals surface area contributed by atoms with Gasteiger partial charge in [-0.2, -0.15) is 0 Å². The minimum absolute atomic E-state index is 0.275. The van der Waals surface area contributed by atoms with E-state index in [4.69, 9.17) is 5.11 Å². The highest BCUT2D eigenvalue weighted by Crippen LogP contribution is 2.08. The molecule has 0 radical (unpaired) electrons. The Morgan fingerprint density at radius 3 is 2.73 bits per heavy atom. The summed E-state index contributed by atoms with van der Waals surface area (Å²) in [7, 11) is 0. The number of carboxylic acid groups (broad SMARTS) is 1. The number of aromatic nitrogens is 1. The van der Waals surface area contributed by atoms with Gasteiger partial charge >= 0.3 is 5.97 Å². The van der Waals surface area contributed by atoms with Crippen LogP contribution in [0.15, 0.2) is 5.38 Å². The Morgan fingerprint density at radius 2 is 2.33 bits per heavy atom. The van der Waals surface area contributed by atoms with Crippen LogP contribution in [0.25, 0.3) is 0 Å². The zero-order chi connectivity index (χ0) is 11.4. The van der Waals surface area contributed by atoms with Gasteiger partial charge in [-0.3, -0.25) is 4.79 Å². The van der Waals surface area contributed by atoms with Crippen molar-refractivity contribution in [3.63, 3.8) is 0 Å². The number of aryl methyl sites for hydroxylation is 1. The van der Waals surface area contributed by atoms with Crippen molar-refractivity contribution in [1.82, 2.24) is 10.3 Å². The fourth-order valence-electron chi connectivity index (χ4n) is 1.04. The van der Waals surface area contributed by atoms with Gasteiger partial charge in [-0.1, -0.05) is 6.92 Å². The maximum absolute atomic E-state index is 11.5. The summed E-state index contributed by atoms with van der Waals surface area (Å²) in [6, 6.07) is -0.848. The molecule has 0 saturated heterocycles. The van der Waals surface area contributed by atoms with E-state index in [0.29, 0.717) is 6.42 Å². The van der Waals surface area contributed by atoms with Gasteiger partial charge in [0.1, 0.15) is 11.7 Å². The number of carboxylic acids is 1. The molecule has 1 aromatic heterocycles. The minimum Gasteiger partial charge on any atom is -0.480 e. The lowest BCUT2D eigenvalue weighted by atomic mass is 10.2. The molecule has 0 bridgehead atoms. The SMILES string of the molecule is CCC(NC(=O)c1csc(C)n1)C(=O)O. The summed E-state index contributed by atoms with van der Waals surface area (Å²) >= 11 is 1.36. The number of rotatable bonds is 4. The molecule has 82 valence electrons. The van der Waals surface area contributed by atoms with E-state index < -0.39 is 17.9 Å². The summed E-state index contributed by atoms with van der Waals surface area (Å²) in [5, 5.41) is 13.5. The van der Waals surface area contributed by atoms with Crippen LogP contribution in [0.4, 0.5) is 0 Å². The predicted octanol–water partition coefficient (Wildman–Crippen LogP) is 1.04. The van der Waals surface area contributed by atoms with E-state index in [-0.39, 0.29) is 5.69 Å². The maximum atomic E-state index is 11.5. The Bertz CT molecular complexity index is 375. The fourth-order valence-corrected chi connectivity index (χ4v) is 1.63. The summed E-state index contributed by atoms with van der Waals surface area (Å²) in [4.78, 5) is 26.1. The highest BCUT2D eigenvalue weighted by molar-refractivity contribution is 7.09. The second kappa shape index (κ2) is 4.88. The highest BCUT2D eigenvalue weighted by Gasteiger charge is 2.19. The van der Waals surface area contributed by atoms with E-state index in [1.54, 1.807) is 19.2 Å². The van der Waals surface area contributed by atoms with Crippen molar-refractivity contribution in [3.8, 4) is 0 Å². The number of nitrogens with one attached hydrogen (secondary N) is 1. The largest absolute Gasteiger partial charge is 0.480 e. The summed E-state index contributed by atoms with van der Waals surface area (Å²) in [6.07, 6.45) is 0.351. The summed E-state index contributed by atoms with van der Waals surface area (Å²) in [6.45, 7) is 3.49. The Kier molecular flexibility index (Phi) is 3.79. The number of aliphatic carboxylic acids is 1. The molecule has 0 spiro atoms. The van der Waals surface area contributed by atoms with Gasteiger partial charge in [0.2, 0.25) is 0 Å². The first-order chi connectivity index (χ1) is 7.04. The summed E-state index contributed by atoms with van der Waals surface area (Å²) in [5.41, 5.74) is 0.275. The molecule has 6 heteroatoms. The minimum atomic E-state index is -1.03. The van der Waals surface area contributed by atoms with E-state index in [0.717, 1.165) is 5.01 Å². The number of carbonyl (C=O) groups is 2.